The monoisotopic (exact) mass is 295 g/mol. The summed E-state index contributed by atoms with van der Waals surface area (Å²) in [5.74, 6) is 0. The van der Waals surface area contributed by atoms with Gasteiger partial charge < -0.3 is 9.67 Å². The van der Waals surface area contributed by atoms with E-state index in [4.69, 9.17) is 11.6 Å². The topological polar surface area (TPSA) is 50.9 Å². The van der Waals surface area contributed by atoms with E-state index in [2.05, 4.69) is 20.7 Å². The highest BCUT2D eigenvalue weighted by atomic mass is 35.5. The lowest BCUT2D eigenvalue weighted by atomic mass is 9.93. The van der Waals surface area contributed by atoms with Gasteiger partial charge >= 0.3 is 0 Å². The molecule has 1 fully saturated rings. The Morgan fingerprint density at radius 2 is 1.85 bits per heavy atom. The molecule has 0 unspecified atom stereocenters. The van der Waals surface area contributed by atoms with Gasteiger partial charge in [-0.25, -0.2) is 9.97 Å². The van der Waals surface area contributed by atoms with Crippen molar-refractivity contribution in [2.75, 3.05) is 0 Å². The second-order valence-corrected chi connectivity index (χ2v) is 5.40. The number of fused-ring (bicyclic) bond motifs is 1. The molecule has 3 rings (SSSR count). The number of rotatable bonds is 1. The molecule has 2 heterocycles. The predicted octanol–water partition coefficient (Wildman–Crippen LogP) is 3.90. The van der Waals surface area contributed by atoms with Crippen molar-refractivity contribution in [3.63, 3.8) is 0 Å². The van der Waals surface area contributed by atoms with Crippen molar-refractivity contribution in [1.29, 1.82) is 0 Å². The van der Waals surface area contributed by atoms with E-state index in [1.54, 1.807) is 0 Å². The van der Waals surface area contributed by atoms with Gasteiger partial charge in [-0.1, -0.05) is 25.4 Å². The summed E-state index contributed by atoms with van der Waals surface area (Å²) in [6.45, 7) is 6.03. The van der Waals surface area contributed by atoms with Gasteiger partial charge in [0.1, 0.15) is 17.1 Å². The molecule has 2 aromatic rings. The molecule has 1 aliphatic carbocycles. The Bertz CT molecular complexity index is 574. The maximum absolute atomic E-state index is 9.58. The summed E-state index contributed by atoms with van der Waals surface area (Å²) in [7, 11) is 0. The van der Waals surface area contributed by atoms with E-state index >= 15 is 0 Å². The maximum Gasteiger partial charge on any atom is 0.145 e. The summed E-state index contributed by atoms with van der Waals surface area (Å²) in [5.41, 5.74) is 2.02. The highest BCUT2D eigenvalue weighted by molar-refractivity contribution is 6.34. The Morgan fingerprint density at radius 1 is 1.20 bits per heavy atom. The second kappa shape index (κ2) is 6.55. The number of hydrogen-bond donors (Lipinski definition) is 1. The third-order valence-corrected chi connectivity index (χ3v) is 4.10. The van der Waals surface area contributed by atoms with Crippen molar-refractivity contribution < 1.29 is 5.11 Å². The SMILES string of the molecule is CC.Cc1cn(C2CCC(O)CC2)c2ncnc(Cl)c12. The number of aromatic nitrogens is 3. The van der Waals surface area contributed by atoms with E-state index in [0.717, 1.165) is 42.3 Å². The zero-order chi connectivity index (χ0) is 14.7. The standard InChI is InChI=1S/C13H16ClN3O.C2H6/c1-8-6-17(9-2-4-10(18)5-3-9)13-11(8)12(14)15-7-16-13;1-2/h6-7,9-10,18H,2-5H2,1H3;1-2H3. The lowest BCUT2D eigenvalue weighted by Gasteiger charge is -2.27. The van der Waals surface area contributed by atoms with Crippen LogP contribution in [0.25, 0.3) is 11.0 Å². The first-order chi connectivity index (χ1) is 9.66. The molecule has 0 aromatic carbocycles. The molecular weight excluding hydrogens is 274 g/mol. The molecule has 1 saturated carbocycles. The molecule has 1 N–H and O–H groups in total. The Balaban J connectivity index is 0.000000704. The van der Waals surface area contributed by atoms with Crippen molar-refractivity contribution in [3.8, 4) is 0 Å². The molecule has 0 radical (unpaired) electrons. The Hall–Kier alpha value is -1.13. The van der Waals surface area contributed by atoms with Crippen LogP contribution in [0.1, 0.15) is 51.1 Å². The third-order valence-electron chi connectivity index (χ3n) is 3.81. The highest BCUT2D eigenvalue weighted by Crippen LogP contribution is 2.33. The molecule has 110 valence electrons. The van der Waals surface area contributed by atoms with Gasteiger partial charge in [0.2, 0.25) is 0 Å². The number of nitrogens with zero attached hydrogens (tertiary/aromatic N) is 3. The van der Waals surface area contributed by atoms with Crippen molar-refractivity contribution in [1.82, 2.24) is 14.5 Å². The van der Waals surface area contributed by atoms with Crippen LogP contribution in [0.5, 0.6) is 0 Å². The van der Waals surface area contributed by atoms with E-state index in [1.165, 1.54) is 6.33 Å². The van der Waals surface area contributed by atoms with Crippen molar-refractivity contribution in [2.45, 2.75) is 58.6 Å². The summed E-state index contributed by atoms with van der Waals surface area (Å²) < 4.78 is 2.20. The molecule has 0 atom stereocenters. The summed E-state index contributed by atoms with van der Waals surface area (Å²) in [4.78, 5) is 8.40. The van der Waals surface area contributed by atoms with Crippen LogP contribution < -0.4 is 0 Å². The fourth-order valence-electron chi connectivity index (χ4n) is 2.84. The Labute approximate surface area is 124 Å². The summed E-state index contributed by atoms with van der Waals surface area (Å²) in [6.07, 6.45) is 7.19. The average Bonchev–Trinajstić information content (AvgIpc) is 2.81. The largest absolute Gasteiger partial charge is 0.393 e. The fourth-order valence-corrected chi connectivity index (χ4v) is 3.12. The third kappa shape index (κ3) is 2.81. The minimum Gasteiger partial charge on any atom is -0.393 e. The van der Waals surface area contributed by atoms with E-state index in [1.807, 2.05) is 20.8 Å². The van der Waals surface area contributed by atoms with Gasteiger partial charge in [0, 0.05) is 12.2 Å². The number of aryl methyl sites for hydroxylation is 1. The van der Waals surface area contributed by atoms with Crippen LogP contribution in [0.2, 0.25) is 5.15 Å². The number of halogens is 1. The van der Waals surface area contributed by atoms with Gasteiger partial charge in [-0.3, -0.25) is 0 Å². The quantitative estimate of drug-likeness (QED) is 0.812. The van der Waals surface area contributed by atoms with E-state index in [9.17, 15) is 5.11 Å². The molecular formula is C15H22ClN3O. The van der Waals surface area contributed by atoms with E-state index in [0.29, 0.717) is 11.2 Å². The number of aliphatic hydroxyl groups excluding tert-OH is 1. The van der Waals surface area contributed by atoms with Gasteiger partial charge in [0.15, 0.2) is 0 Å². The van der Waals surface area contributed by atoms with Crippen LogP contribution in [-0.2, 0) is 0 Å². The fraction of sp³-hybridized carbons (Fsp3) is 0.600. The Morgan fingerprint density at radius 3 is 2.50 bits per heavy atom. The molecule has 0 amide bonds. The minimum absolute atomic E-state index is 0.137. The van der Waals surface area contributed by atoms with E-state index in [-0.39, 0.29) is 6.10 Å². The van der Waals surface area contributed by atoms with Crippen molar-refractivity contribution >= 4 is 22.6 Å². The van der Waals surface area contributed by atoms with Crippen LogP contribution in [-0.4, -0.2) is 25.7 Å². The highest BCUT2D eigenvalue weighted by Gasteiger charge is 2.23. The van der Waals surface area contributed by atoms with Gasteiger partial charge in [-0.15, -0.1) is 0 Å². The number of hydrogen-bond acceptors (Lipinski definition) is 3. The normalized spacial score (nSPS) is 22.4. The van der Waals surface area contributed by atoms with Gasteiger partial charge in [-0.2, -0.15) is 0 Å². The predicted molar refractivity (Wildman–Crippen MR) is 82.1 cm³/mol. The van der Waals surface area contributed by atoms with Crippen LogP contribution in [0.4, 0.5) is 0 Å². The first-order valence-corrected chi connectivity index (χ1v) is 7.70. The lowest BCUT2D eigenvalue weighted by Crippen LogP contribution is -2.20. The Kier molecular flexibility index (Phi) is 5.00. The average molecular weight is 296 g/mol. The van der Waals surface area contributed by atoms with Crippen LogP contribution in [0.3, 0.4) is 0 Å². The molecule has 2 aromatic heterocycles. The van der Waals surface area contributed by atoms with Crippen LogP contribution >= 0.6 is 11.6 Å². The smallest absolute Gasteiger partial charge is 0.145 e. The minimum atomic E-state index is -0.137. The molecule has 0 saturated heterocycles. The van der Waals surface area contributed by atoms with Gasteiger partial charge in [0.05, 0.1) is 11.5 Å². The number of aliphatic hydroxyl groups is 1. The van der Waals surface area contributed by atoms with Gasteiger partial charge in [-0.05, 0) is 38.2 Å². The first kappa shape index (κ1) is 15.3. The molecule has 0 spiro atoms. The maximum atomic E-state index is 9.58. The van der Waals surface area contributed by atoms with Crippen LogP contribution in [0, 0.1) is 6.92 Å². The molecule has 1 aliphatic rings. The molecule has 0 aliphatic heterocycles. The lowest BCUT2D eigenvalue weighted by molar-refractivity contribution is 0.111. The molecule has 0 bridgehead atoms. The van der Waals surface area contributed by atoms with E-state index < -0.39 is 0 Å². The molecule has 4 nitrogen and oxygen atoms in total. The summed E-state index contributed by atoms with van der Waals surface area (Å²) in [6, 6.07) is 0.413. The zero-order valence-electron chi connectivity index (χ0n) is 12.3. The second-order valence-electron chi connectivity index (χ2n) is 5.04. The first-order valence-electron chi connectivity index (χ1n) is 7.32. The zero-order valence-corrected chi connectivity index (χ0v) is 13.1. The van der Waals surface area contributed by atoms with Crippen molar-refractivity contribution in [2.24, 2.45) is 0 Å². The summed E-state index contributed by atoms with van der Waals surface area (Å²) >= 11 is 6.13. The molecule has 20 heavy (non-hydrogen) atoms. The van der Waals surface area contributed by atoms with Crippen LogP contribution in [0.15, 0.2) is 12.5 Å². The van der Waals surface area contributed by atoms with Gasteiger partial charge in [0.25, 0.3) is 0 Å². The molecule has 5 heteroatoms. The van der Waals surface area contributed by atoms with Crippen molar-refractivity contribution in [3.05, 3.63) is 23.2 Å². The summed E-state index contributed by atoms with van der Waals surface area (Å²) in [5, 5.41) is 11.1.